The Morgan fingerprint density at radius 3 is 2.13 bits per heavy atom. The number of halogens is 1. The van der Waals surface area contributed by atoms with Gasteiger partial charge in [-0.25, -0.2) is 9.29 Å². The fourth-order valence-electron chi connectivity index (χ4n) is 3.95. The normalized spacial score (nSPS) is 20.0. The van der Waals surface area contributed by atoms with E-state index >= 15 is 0 Å². The Kier molecular flexibility index (Phi) is 5.50. The second-order valence-electron chi connectivity index (χ2n) is 7.37. The molecule has 2 heterocycles. The maximum absolute atomic E-state index is 13.1. The van der Waals surface area contributed by atoms with Crippen LogP contribution in [0.15, 0.2) is 48.5 Å². The molecule has 4 rings (SSSR count). The molecule has 2 amide bonds. The number of carbonyl (C=O) groups is 3. The molecule has 0 radical (unpaired) electrons. The minimum atomic E-state index is -0.485. The van der Waals surface area contributed by atoms with Crippen molar-refractivity contribution in [2.75, 3.05) is 36.0 Å². The second kappa shape index (κ2) is 8.23. The average Bonchev–Trinajstić information content (AvgIpc) is 3.03. The first kappa shape index (κ1) is 20.0. The summed E-state index contributed by atoms with van der Waals surface area (Å²) in [6, 6.07) is 12.2. The zero-order valence-corrected chi connectivity index (χ0v) is 16.6. The van der Waals surface area contributed by atoms with Gasteiger partial charge in [0.1, 0.15) is 11.6 Å². The van der Waals surface area contributed by atoms with Crippen molar-refractivity contribution in [1.29, 1.82) is 0 Å². The van der Waals surface area contributed by atoms with Gasteiger partial charge in [0, 0.05) is 38.8 Å². The number of piperazine rings is 1. The van der Waals surface area contributed by atoms with Gasteiger partial charge in [-0.3, -0.25) is 19.3 Å². The van der Waals surface area contributed by atoms with Crippen LogP contribution >= 0.6 is 0 Å². The van der Waals surface area contributed by atoms with E-state index in [1.54, 1.807) is 36.4 Å². The lowest BCUT2D eigenvalue weighted by molar-refractivity contribution is -0.132. The van der Waals surface area contributed by atoms with Crippen LogP contribution < -0.4 is 14.5 Å². The van der Waals surface area contributed by atoms with Gasteiger partial charge in [0.05, 0.1) is 18.2 Å². The molecule has 2 saturated heterocycles. The van der Waals surface area contributed by atoms with Crippen LogP contribution in [0, 0.1) is 5.82 Å². The van der Waals surface area contributed by atoms with Gasteiger partial charge in [0.25, 0.3) is 5.91 Å². The van der Waals surface area contributed by atoms with Crippen molar-refractivity contribution in [2.24, 2.45) is 0 Å². The smallest absolute Gasteiger partial charge is 0.308 e. The van der Waals surface area contributed by atoms with Gasteiger partial charge >= 0.3 is 5.97 Å². The van der Waals surface area contributed by atoms with E-state index in [1.807, 2.05) is 4.90 Å². The van der Waals surface area contributed by atoms with E-state index in [4.69, 9.17) is 4.74 Å². The molecule has 2 aliphatic rings. The van der Waals surface area contributed by atoms with Crippen molar-refractivity contribution in [3.05, 3.63) is 54.3 Å². The molecule has 0 aromatic heterocycles. The van der Waals surface area contributed by atoms with Crippen LogP contribution in [0.3, 0.4) is 0 Å². The molecule has 1 unspecified atom stereocenters. The molecule has 7 nitrogen and oxygen atoms in total. The molecule has 2 aromatic rings. The number of imide groups is 1. The molecule has 0 saturated carbocycles. The summed E-state index contributed by atoms with van der Waals surface area (Å²) in [7, 11) is 0. The van der Waals surface area contributed by atoms with Gasteiger partial charge in [-0.05, 0) is 48.5 Å². The highest BCUT2D eigenvalue weighted by Gasteiger charge is 2.43. The van der Waals surface area contributed by atoms with Crippen molar-refractivity contribution >= 4 is 29.2 Å². The zero-order chi connectivity index (χ0) is 21.3. The van der Waals surface area contributed by atoms with Crippen LogP contribution in [0.4, 0.5) is 15.8 Å². The van der Waals surface area contributed by atoms with Gasteiger partial charge in [0.15, 0.2) is 0 Å². The van der Waals surface area contributed by atoms with Crippen molar-refractivity contribution in [3.63, 3.8) is 0 Å². The third-order valence-electron chi connectivity index (χ3n) is 5.43. The highest BCUT2D eigenvalue weighted by atomic mass is 19.1. The minimum Gasteiger partial charge on any atom is -0.427 e. The highest BCUT2D eigenvalue weighted by molar-refractivity contribution is 6.22. The Labute approximate surface area is 173 Å². The summed E-state index contributed by atoms with van der Waals surface area (Å²) in [5.41, 5.74) is 1.41. The lowest BCUT2D eigenvalue weighted by atomic mass is 10.1. The summed E-state index contributed by atoms with van der Waals surface area (Å²) in [5.74, 6) is -0.829. The topological polar surface area (TPSA) is 70.2 Å². The molecular formula is C22H22FN3O4. The van der Waals surface area contributed by atoms with Crippen LogP contribution in [-0.2, 0) is 14.4 Å². The molecule has 2 aromatic carbocycles. The first-order chi connectivity index (χ1) is 14.4. The summed E-state index contributed by atoms with van der Waals surface area (Å²) in [6.45, 7) is 3.98. The molecule has 30 heavy (non-hydrogen) atoms. The van der Waals surface area contributed by atoms with Gasteiger partial charge < -0.3 is 9.64 Å². The number of hydrogen-bond acceptors (Lipinski definition) is 6. The third-order valence-corrected chi connectivity index (χ3v) is 5.43. The fraction of sp³-hybridized carbons (Fsp3) is 0.318. The Hall–Kier alpha value is -3.26. The molecule has 1 atom stereocenters. The molecule has 0 N–H and O–H groups in total. The van der Waals surface area contributed by atoms with E-state index in [0.29, 0.717) is 37.6 Å². The molecule has 0 aliphatic carbocycles. The van der Waals surface area contributed by atoms with E-state index in [2.05, 4.69) is 4.90 Å². The largest absolute Gasteiger partial charge is 0.427 e. The average molecular weight is 411 g/mol. The molecule has 0 bridgehead atoms. The number of nitrogens with zero attached hydrogens (tertiary/aromatic N) is 3. The Morgan fingerprint density at radius 2 is 1.53 bits per heavy atom. The Bertz CT molecular complexity index is 953. The van der Waals surface area contributed by atoms with Crippen LogP contribution in [0.25, 0.3) is 0 Å². The van der Waals surface area contributed by atoms with E-state index in [1.165, 1.54) is 24.0 Å². The standard InChI is InChI=1S/C22H22FN3O4/c1-15(27)30-19-8-6-18(7-9-19)26-21(28)14-20(22(26)29)25-12-10-24(11-13-25)17-4-2-16(23)3-5-17/h2-9,20H,10-14H2,1H3. The van der Waals surface area contributed by atoms with Crippen molar-refractivity contribution in [1.82, 2.24) is 4.90 Å². The molecule has 2 fully saturated rings. The quantitative estimate of drug-likeness (QED) is 0.437. The van der Waals surface area contributed by atoms with Gasteiger partial charge in [0.2, 0.25) is 5.91 Å². The highest BCUT2D eigenvalue weighted by Crippen LogP contribution is 2.28. The molecular weight excluding hydrogens is 389 g/mol. The number of carbonyl (C=O) groups excluding carboxylic acids is 3. The zero-order valence-electron chi connectivity index (χ0n) is 16.6. The number of esters is 1. The number of hydrogen-bond donors (Lipinski definition) is 0. The monoisotopic (exact) mass is 411 g/mol. The van der Waals surface area contributed by atoms with Crippen LogP contribution in [-0.4, -0.2) is 54.9 Å². The summed E-state index contributed by atoms with van der Waals surface area (Å²) in [6.07, 6.45) is 0.140. The van der Waals surface area contributed by atoms with Crippen LogP contribution in [0.5, 0.6) is 5.75 Å². The van der Waals surface area contributed by atoms with Crippen molar-refractivity contribution in [3.8, 4) is 5.75 Å². The maximum atomic E-state index is 13.1. The lowest BCUT2D eigenvalue weighted by Crippen LogP contribution is -2.52. The number of benzene rings is 2. The SMILES string of the molecule is CC(=O)Oc1ccc(N2C(=O)CC(N3CCN(c4ccc(F)cc4)CC3)C2=O)cc1. The number of amides is 2. The summed E-state index contributed by atoms with van der Waals surface area (Å²) in [4.78, 5) is 42.0. The summed E-state index contributed by atoms with van der Waals surface area (Å²) >= 11 is 0. The molecule has 8 heteroatoms. The number of anilines is 2. The van der Waals surface area contributed by atoms with Gasteiger partial charge in [-0.2, -0.15) is 0 Å². The second-order valence-corrected chi connectivity index (χ2v) is 7.37. The van der Waals surface area contributed by atoms with Crippen LogP contribution in [0.2, 0.25) is 0 Å². The van der Waals surface area contributed by atoms with E-state index in [9.17, 15) is 18.8 Å². The van der Waals surface area contributed by atoms with E-state index in [-0.39, 0.29) is 24.1 Å². The predicted molar refractivity (Wildman–Crippen MR) is 109 cm³/mol. The lowest BCUT2D eigenvalue weighted by Gasteiger charge is -2.38. The first-order valence-electron chi connectivity index (χ1n) is 9.82. The predicted octanol–water partition coefficient (Wildman–Crippen LogP) is 2.21. The Balaban J connectivity index is 1.40. The minimum absolute atomic E-state index is 0.140. The third kappa shape index (κ3) is 4.04. The van der Waals surface area contributed by atoms with Crippen molar-refractivity contribution in [2.45, 2.75) is 19.4 Å². The fourth-order valence-corrected chi connectivity index (χ4v) is 3.95. The van der Waals surface area contributed by atoms with Gasteiger partial charge in [-0.1, -0.05) is 0 Å². The van der Waals surface area contributed by atoms with Crippen molar-refractivity contribution < 1.29 is 23.5 Å². The van der Waals surface area contributed by atoms with Gasteiger partial charge in [-0.15, -0.1) is 0 Å². The Morgan fingerprint density at radius 1 is 0.933 bits per heavy atom. The van der Waals surface area contributed by atoms with E-state index in [0.717, 1.165) is 5.69 Å². The van der Waals surface area contributed by atoms with Crippen LogP contribution in [0.1, 0.15) is 13.3 Å². The summed E-state index contributed by atoms with van der Waals surface area (Å²) in [5, 5.41) is 0. The number of rotatable bonds is 4. The molecule has 0 spiro atoms. The molecule has 2 aliphatic heterocycles. The van der Waals surface area contributed by atoms with E-state index < -0.39 is 12.0 Å². The molecule has 156 valence electrons. The first-order valence-corrected chi connectivity index (χ1v) is 9.82. The maximum Gasteiger partial charge on any atom is 0.308 e. The number of ether oxygens (including phenoxy) is 1. The summed E-state index contributed by atoms with van der Waals surface area (Å²) < 4.78 is 18.1.